The molecule has 2 aliphatic carbocycles. The Hall–Kier alpha value is -2.68. The van der Waals surface area contributed by atoms with Gasteiger partial charge in [0.15, 0.2) is 0 Å². The summed E-state index contributed by atoms with van der Waals surface area (Å²) in [5.41, 5.74) is 3.08. The second-order valence-electron chi connectivity index (χ2n) is 10.6. The quantitative estimate of drug-likeness (QED) is 0.741. The molecule has 1 aliphatic heterocycles. The van der Waals surface area contributed by atoms with Crippen molar-refractivity contribution in [1.29, 1.82) is 10.7 Å². The Labute approximate surface area is 198 Å². The van der Waals surface area contributed by atoms with Gasteiger partial charge in [-0.05, 0) is 57.5 Å². The molecule has 0 radical (unpaired) electrons. The van der Waals surface area contributed by atoms with Gasteiger partial charge in [0.25, 0.3) is 0 Å². The second-order valence-corrected chi connectivity index (χ2v) is 10.6. The molecule has 2 aromatic carbocycles. The number of nitrogens with zero attached hydrogens (tertiary/aromatic N) is 3. The van der Waals surface area contributed by atoms with Gasteiger partial charge in [0, 0.05) is 24.3 Å². The number of para-hydroxylation sites is 1. The molecule has 1 heterocycles. The lowest BCUT2D eigenvalue weighted by Crippen LogP contribution is -3.21. The third kappa shape index (κ3) is 3.66. The van der Waals surface area contributed by atoms with Gasteiger partial charge in [-0.3, -0.25) is 14.7 Å². The van der Waals surface area contributed by atoms with Crippen molar-refractivity contribution in [1.82, 2.24) is 4.90 Å². The first-order valence-electron chi connectivity index (χ1n) is 12.4. The molecule has 0 aromatic heterocycles. The molecule has 5 heteroatoms. The number of benzene rings is 2. The number of hydrogen-bond acceptors (Lipinski definition) is 3. The molecule has 5 rings (SSSR count). The maximum Gasteiger partial charge on any atom is 0.301 e. The maximum atomic E-state index is 9.72. The van der Waals surface area contributed by atoms with E-state index in [0.29, 0.717) is 11.5 Å². The van der Waals surface area contributed by atoms with Crippen LogP contribution < -0.4 is 9.80 Å². The van der Waals surface area contributed by atoms with Gasteiger partial charge in [-0.1, -0.05) is 48.9 Å². The van der Waals surface area contributed by atoms with Gasteiger partial charge in [0.2, 0.25) is 0 Å². The summed E-state index contributed by atoms with van der Waals surface area (Å²) in [6, 6.07) is 21.1. The molecular weight excluding hydrogens is 406 g/mol. The molecule has 2 saturated carbocycles. The Balaban J connectivity index is 1.47. The monoisotopic (exact) mass is 442 g/mol. The summed E-state index contributed by atoms with van der Waals surface area (Å²) in [6.45, 7) is 1.90. The van der Waals surface area contributed by atoms with Crippen molar-refractivity contribution in [2.24, 2.45) is 5.92 Å². The van der Waals surface area contributed by atoms with Gasteiger partial charge >= 0.3 is 5.96 Å². The highest BCUT2D eigenvalue weighted by Crippen LogP contribution is 2.45. The summed E-state index contributed by atoms with van der Waals surface area (Å²) in [4.78, 5) is 5.93. The van der Waals surface area contributed by atoms with E-state index in [1.165, 1.54) is 29.7 Å². The van der Waals surface area contributed by atoms with Crippen LogP contribution in [0.25, 0.3) is 0 Å². The highest BCUT2D eigenvalue weighted by molar-refractivity contribution is 5.91. The summed E-state index contributed by atoms with van der Waals surface area (Å²) in [6.07, 6.45) is 8.31. The van der Waals surface area contributed by atoms with Crippen molar-refractivity contribution in [3.8, 4) is 6.07 Å². The van der Waals surface area contributed by atoms with Crippen LogP contribution in [0, 0.1) is 22.7 Å². The number of nitrogens with one attached hydrogen (secondary N) is 2. The van der Waals surface area contributed by atoms with Gasteiger partial charge in [-0.25, -0.2) is 5.41 Å². The zero-order chi connectivity index (χ0) is 23.1. The van der Waals surface area contributed by atoms with Crippen molar-refractivity contribution in [2.45, 2.75) is 56.0 Å². The zero-order valence-electron chi connectivity index (χ0n) is 20.0. The molecule has 1 saturated heterocycles. The van der Waals surface area contributed by atoms with Crippen LogP contribution in [0.5, 0.6) is 0 Å². The molecular formula is C28H36N5+. The highest BCUT2D eigenvalue weighted by Gasteiger charge is 2.58. The molecule has 2 N–H and O–H groups in total. The minimum atomic E-state index is 0.0452. The minimum absolute atomic E-state index is 0.0452. The van der Waals surface area contributed by atoms with Crippen molar-refractivity contribution in [3.63, 3.8) is 0 Å². The van der Waals surface area contributed by atoms with Gasteiger partial charge in [0.1, 0.15) is 11.6 Å². The van der Waals surface area contributed by atoms with E-state index in [-0.39, 0.29) is 11.1 Å². The van der Waals surface area contributed by atoms with Crippen LogP contribution in [0.3, 0.4) is 0 Å². The van der Waals surface area contributed by atoms with Gasteiger partial charge < -0.3 is 0 Å². The number of nitriles is 1. The molecule has 1 atom stereocenters. The average Bonchev–Trinajstić information content (AvgIpc) is 3.08. The molecule has 172 valence electrons. The van der Waals surface area contributed by atoms with E-state index in [4.69, 9.17) is 0 Å². The first kappa shape index (κ1) is 22.1. The smallest absolute Gasteiger partial charge is 0.300 e. The van der Waals surface area contributed by atoms with Crippen LogP contribution in [0.4, 0.5) is 5.69 Å². The average molecular weight is 443 g/mol. The van der Waals surface area contributed by atoms with Gasteiger partial charge in [-0.2, -0.15) is 5.26 Å². The topological polar surface area (TPSA) is 58.6 Å². The van der Waals surface area contributed by atoms with E-state index >= 15 is 0 Å². The Morgan fingerprint density at radius 1 is 1.03 bits per heavy atom. The summed E-state index contributed by atoms with van der Waals surface area (Å²) in [5, 5.41) is 19.0. The Kier molecular flexibility index (Phi) is 5.76. The van der Waals surface area contributed by atoms with E-state index in [1.807, 2.05) is 24.3 Å². The largest absolute Gasteiger partial charge is 0.301 e. The summed E-state index contributed by atoms with van der Waals surface area (Å²) in [5.74, 6) is 1.40. The van der Waals surface area contributed by atoms with Crippen LogP contribution in [0.1, 0.15) is 56.1 Å². The molecule has 3 fully saturated rings. The summed E-state index contributed by atoms with van der Waals surface area (Å²) < 4.78 is 0. The maximum absolute atomic E-state index is 9.72. The molecule has 0 bridgehead atoms. The van der Waals surface area contributed by atoms with E-state index in [0.717, 1.165) is 50.4 Å². The first-order valence-corrected chi connectivity index (χ1v) is 12.4. The van der Waals surface area contributed by atoms with Gasteiger partial charge in [0.05, 0.1) is 24.3 Å². The lowest BCUT2D eigenvalue weighted by Gasteiger charge is -2.49. The number of guanidine groups is 1. The zero-order valence-corrected chi connectivity index (χ0v) is 20.0. The fraction of sp³-hybridized carbons (Fsp3) is 0.500. The standard InChI is InChI=1S/C28H35N5/c1-31(2)28(24-12-4-3-5-13-24)17-15-27(16-18-28)21-32(25-14-7-6-11-23(25)19-29)26(30)33(27)20-22-9-8-10-22/h3-7,11-14,22,30H,8-10,15-18,20-21H2,1-2H3/p+1. The van der Waals surface area contributed by atoms with E-state index in [1.54, 1.807) is 0 Å². The van der Waals surface area contributed by atoms with Crippen molar-refractivity contribution in [2.75, 3.05) is 32.1 Å². The number of quaternary nitrogens is 1. The number of hydrogen-bond donors (Lipinski definition) is 2. The predicted octanol–water partition coefficient (Wildman–Crippen LogP) is 3.77. The van der Waals surface area contributed by atoms with Crippen LogP contribution >= 0.6 is 0 Å². The molecule has 1 spiro atoms. The Morgan fingerprint density at radius 2 is 1.70 bits per heavy atom. The van der Waals surface area contributed by atoms with Crippen molar-refractivity contribution in [3.05, 3.63) is 65.7 Å². The predicted molar refractivity (Wildman–Crippen MR) is 132 cm³/mol. The van der Waals surface area contributed by atoms with Gasteiger partial charge in [-0.15, -0.1) is 0 Å². The number of anilines is 1. The Morgan fingerprint density at radius 3 is 2.30 bits per heavy atom. The van der Waals surface area contributed by atoms with Crippen LogP contribution in [-0.4, -0.2) is 43.6 Å². The minimum Gasteiger partial charge on any atom is -0.300 e. The third-order valence-corrected chi connectivity index (χ3v) is 8.89. The summed E-state index contributed by atoms with van der Waals surface area (Å²) in [7, 11) is 4.44. The van der Waals surface area contributed by atoms with Crippen LogP contribution in [-0.2, 0) is 5.54 Å². The molecule has 1 unspecified atom stereocenters. The van der Waals surface area contributed by atoms with Crippen LogP contribution in [0.15, 0.2) is 54.6 Å². The lowest BCUT2D eigenvalue weighted by atomic mass is 9.68. The fourth-order valence-electron chi connectivity index (χ4n) is 6.54. The first-order chi connectivity index (χ1) is 16.0. The van der Waals surface area contributed by atoms with Crippen LogP contribution in [0.2, 0.25) is 0 Å². The second kappa shape index (κ2) is 8.59. The lowest BCUT2D eigenvalue weighted by molar-refractivity contribution is -0.864. The molecule has 0 amide bonds. The molecule has 3 aliphatic rings. The van der Waals surface area contributed by atoms with E-state index < -0.39 is 0 Å². The molecule has 5 nitrogen and oxygen atoms in total. The normalized spacial score (nSPS) is 29.9. The highest BCUT2D eigenvalue weighted by atomic mass is 15.5. The third-order valence-electron chi connectivity index (χ3n) is 8.89. The SMILES string of the molecule is CN(C)C1(c2ccccc2)CCC2(CC1)CN(c1ccccc1C#N)C(=N)[NH+]2CC1CCC1. The van der Waals surface area contributed by atoms with Crippen molar-refractivity contribution < 1.29 is 4.90 Å². The van der Waals surface area contributed by atoms with Crippen molar-refractivity contribution >= 4 is 11.6 Å². The summed E-state index contributed by atoms with van der Waals surface area (Å²) >= 11 is 0. The molecule has 2 aromatic rings. The van der Waals surface area contributed by atoms with E-state index in [9.17, 15) is 10.7 Å². The fourth-order valence-corrected chi connectivity index (χ4v) is 6.54. The Bertz CT molecular complexity index is 1040. The number of rotatable bonds is 5. The molecule has 33 heavy (non-hydrogen) atoms. The van der Waals surface area contributed by atoms with E-state index in [2.05, 4.69) is 60.3 Å².